The molecule has 0 heterocycles. The van der Waals surface area contributed by atoms with E-state index in [1.54, 1.807) is 13.8 Å². The summed E-state index contributed by atoms with van der Waals surface area (Å²) in [4.78, 5) is 22.9. The van der Waals surface area contributed by atoms with Gasteiger partial charge < -0.3 is 10.4 Å². The van der Waals surface area contributed by atoms with Crippen LogP contribution in [0.5, 0.6) is 0 Å². The van der Waals surface area contributed by atoms with Crippen LogP contribution < -0.4 is 5.32 Å². The first-order valence-corrected chi connectivity index (χ1v) is 11.2. The third-order valence-corrected chi connectivity index (χ3v) is 4.91. The van der Waals surface area contributed by atoms with Gasteiger partial charge in [0.15, 0.2) is 0 Å². The van der Waals surface area contributed by atoms with E-state index in [1.165, 1.54) is 57.8 Å². The third kappa shape index (κ3) is 16.6. The van der Waals surface area contributed by atoms with Gasteiger partial charge >= 0.3 is 5.97 Å². The number of amides is 1. The molecule has 158 valence electrons. The van der Waals surface area contributed by atoms with Crippen molar-refractivity contribution in [3.63, 3.8) is 0 Å². The summed E-state index contributed by atoms with van der Waals surface area (Å²) in [7, 11) is 0. The largest absolute Gasteiger partial charge is 0.480 e. The minimum Gasteiger partial charge on any atom is -0.480 e. The van der Waals surface area contributed by atoms with Gasteiger partial charge in [0.1, 0.15) is 6.04 Å². The maximum Gasteiger partial charge on any atom is 0.326 e. The van der Waals surface area contributed by atoms with Crippen LogP contribution in [0, 0.1) is 5.92 Å². The van der Waals surface area contributed by atoms with E-state index in [9.17, 15) is 9.59 Å². The first kappa shape index (κ1) is 25.7. The number of carboxylic acids is 1. The SMILES string of the molecule is CCCCCCCC/C=C\CCCCCCCC(=O)N[C@H](C(=O)O)C(C)C. The number of allylic oxidation sites excluding steroid dienone is 2. The standard InChI is InChI=1S/C23H43NO3/c1-4-5-6-7-8-9-10-11-12-13-14-15-16-17-18-19-21(25)24-22(20(2)3)23(26)27/h11-12,20,22H,4-10,13-19H2,1-3H3,(H,24,25)(H,26,27)/b12-11-/t22-/m0/s1. The van der Waals surface area contributed by atoms with Crippen molar-refractivity contribution in [1.29, 1.82) is 0 Å². The monoisotopic (exact) mass is 381 g/mol. The van der Waals surface area contributed by atoms with Gasteiger partial charge in [0.2, 0.25) is 5.91 Å². The highest BCUT2D eigenvalue weighted by molar-refractivity contribution is 5.83. The number of nitrogens with one attached hydrogen (secondary N) is 1. The van der Waals surface area contributed by atoms with Gasteiger partial charge in [-0.3, -0.25) is 4.79 Å². The molecule has 0 spiro atoms. The van der Waals surface area contributed by atoms with Crippen LogP contribution in [-0.4, -0.2) is 23.0 Å². The first-order valence-electron chi connectivity index (χ1n) is 11.2. The Hall–Kier alpha value is -1.32. The van der Waals surface area contributed by atoms with E-state index in [4.69, 9.17) is 5.11 Å². The quantitative estimate of drug-likeness (QED) is 0.218. The second-order valence-electron chi connectivity index (χ2n) is 7.96. The summed E-state index contributed by atoms with van der Waals surface area (Å²) in [6.45, 7) is 5.87. The van der Waals surface area contributed by atoms with Gasteiger partial charge in [-0.1, -0.05) is 84.3 Å². The van der Waals surface area contributed by atoms with Crippen LogP contribution in [0.3, 0.4) is 0 Å². The molecular weight excluding hydrogens is 338 g/mol. The average molecular weight is 382 g/mol. The Morgan fingerprint density at radius 1 is 0.815 bits per heavy atom. The summed E-state index contributed by atoms with van der Waals surface area (Å²) in [5, 5.41) is 11.7. The van der Waals surface area contributed by atoms with E-state index in [0.717, 1.165) is 25.7 Å². The second-order valence-corrected chi connectivity index (χ2v) is 7.96. The minimum absolute atomic E-state index is 0.0967. The van der Waals surface area contributed by atoms with Gasteiger partial charge in [0.25, 0.3) is 0 Å². The fourth-order valence-corrected chi connectivity index (χ4v) is 3.12. The Labute approximate surface area is 167 Å². The summed E-state index contributed by atoms with van der Waals surface area (Å²) in [6.07, 6.45) is 21.0. The summed E-state index contributed by atoms with van der Waals surface area (Å²) < 4.78 is 0. The molecule has 4 heteroatoms. The van der Waals surface area contributed by atoms with Crippen LogP contribution in [0.15, 0.2) is 12.2 Å². The van der Waals surface area contributed by atoms with Crippen LogP contribution in [-0.2, 0) is 9.59 Å². The molecule has 2 N–H and O–H groups in total. The molecule has 0 aliphatic rings. The highest BCUT2D eigenvalue weighted by atomic mass is 16.4. The Kier molecular flexibility index (Phi) is 17.2. The molecular formula is C23H43NO3. The molecule has 0 fully saturated rings. The lowest BCUT2D eigenvalue weighted by Gasteiger charge is -2.17. The Balaban J connectivity index is 3.45. The van der Waals surface area contributed by atoms with Gasteiger partial charge in [-0.15, -0.1) is 0 Å². The fraction of sp³-hybridized carbons (Fsp3) is 0.826. The van der Waals surface area contributed by atoms with Crippen molar-refractivity contribution >= 4 is 11.9 Å². The normalized spacial score (nSPS) is 12.6. The van der Waals surface area contributed by atoms with Crippen LogP contribution in [0.2, 0.25) is 0 Å². The number of carboxylic acid groups (broad SMARTS) is 1. The van der Waals surface area contributed by atoms with Crippen molar-refractivity contribution in [3.05, 3.63) is 12.2 Å². The molecule has 1 amide bonds. The summed E-state index contributed by atoms with van der Waals surface area (Å²) in [6, 6.07) is -0.777. The maximum atomic E-state index is 11.8. The van der Waals surface area contributed by atoms with E-state index in [1.807, 2.05) is 0 Å². The zero-order valence-corrected chi connectivity index (χ0v) is 18.0. The predicted molar refractivity (Wildman–Crippen MR) is 114 cm³/mol. The summed E-state index contributed by atoms with van der Waals surface area (Å²) >= 11 is 0. The Morgan fingerprint density at radius 3 is 1.78 bits per heavy atom. The number of hydrogen-bond donors (Lipinski definition) is 2. The maximum absolute atomic E-state index is 11.8. The van der Waals surface area contributed by atoms with E-state index in [2.05, 4.69) is 24.4 Å². The lowest BCUT2D eigenvalue weighted by Crippen LogP contribution is -2.44. The predicted octanol–water partition coefficient (Wildman–Crippen LogP) is 6.25. The van der Waals surface area contributed by atoms with Crippen molar-refractivity contribution in [2.75, 3.05) is 0 Å². The lowest BCUT2D eigenvalue weighted by molar-refractivity contribution is -0.143. The van der Waals surface area contributed by atoms with Crippen LogP contribution in [0.25, 0.3) is 0 Å². The first-order chi connectivity index (χ1) is 13.0. The number of carbonyl (C=O) groups excluding carboxylic acids is 1. The zero-order valence-electron chi connectivity index (χ0n) is 18.0. The smallest absolute Gasteiger partial charge is 0.326 e. The van der Waals surface area contributed by atoms with Crippen LogP contribution >= 0.6 is 0 Å². The van der Waals surface area contributed by atoms with Gasteiger partial charge in [-0.25, -0.2) is 4.79 Å². The molecule has 1 atom stereocenters. The molecule has 0 rings (SSSR count). The Morgan fingerprint density at radius 2 is 1.30 bits per heavy atom. The van der Waals surface area contributed by atoms with Crippen molar-refractivity contribution in [1.82, 2.24) is 5.32 Å². The van der Waals surface area contributed by atoms with Crippen LogP contribution in [0.4, 0.5) is 0 Å². The molecule has 0 aromatic rings. The number of hydrogen-bond acceptors (Lipinski definition) is 2. The molecule has 4 nitrogen and oxygen atoms in total. The molecule has 0 aliphatic carbocycles. The molecule has 0 unspecified atom stereocenters. The van der Waals surface area contributed by atoms with Gasteiger partial charge in [-0.2, -0.15) is 0 Å². The molecule has 0 saturated carbocycles. The van der Waals surface area contributed by atoms with Crippen LogP contribution in [0.1, 0.15) is 111 Å². The van der Waals surface area contributed by atoms with Crippen molar-refractivity contribution in [3.8, 4) is 0 Å². The molecule has 0 bridgehead atoms. The molecule has 0 aromatic heterocycles. The van der Waals surface area contributed by atoms with Gasteiger partial charge in [-0.05, 0) is 38.0 Å². The molecule has 0 saturated heterocycles. The number of carbonyl (C=O) groups is 2. The third-order valence-electron chi connectivity index (χ3n) is 4.91. The Bertz CT molecular complexity index is 404. The average Bonchev–Trinajstić information content (AvgIpc) is 2.62. The van der Waals surface area contributed by atoms with Crippen molar-refractivity contribution in [2.45, 2.75) is 117 Å². The zero-order chi connectivity index (χ0) is 20.3. The van der Waals surface area contributed by atoms with E-state index in [0.29, 0.717) is 6.42 Å². The number of rotatable bonds is 18. The second kappa shape index (κ2) is 18.1. The summed E-state index contributed by atoms with van der Waals surface area (Å²) in [5.74, 6) is -1.20. The molecule has 27 heavy (non-hydrogen) atoms. The van der Waals surface area contributed by atoms with Crippen molar-refractivity contribution < 1.29 is 14.7 Å². The highest BCUT2D eigenvalue weighted by Crippen LogP contribution is 2.10. The fourth-order valence-electron chi connectivity index (χ4n) is 3.12. The summed E-state index contributed by atoms with van der Waals surface area (Å²) in [5.41, 5.74) is 0. The molecule has 0 aromatic carbocycles. The highest BCUT2D eigenvalue weighted by Gasteiger charge is 2.22. The van der Waals surface area contributed by atoms with Gasteiger partial charge in [0.05, 0.1) is 0 Å². The molecule has 0 radical (unpaired) electrons. The minimum atomic E-state index is -0.956. The van der Waals surface area contributed by atoms with Crippen molar-refractivity contribution in [2.24, 2.45) is 5.92 Å². The molecule has 0 aliphatic heterocycles. The number of aliphatic carboxylic acids is 1. The number of unbranched alkanes of at least 4 members (excludes halogenated alkanes) is 11. The van der Waals surface area contributed by atoms with Gasteiger partial charge in [0, 0.05) is 6.42 Å². The topological polar surface area (TPSA) is 66.4 Å². The van der Waals surface area contributed by atoms with E-state index < -0.39 is 12.0 Å². The van der Waals surface area contributed by atoms with E-state index in [-0.39, 0.29) is 11.8 Å². The lowest BCUT2D eigenvalue weighted by atomic mass is 10.0. The van der Waals surface area contributed by atoms with E-state index >= 15 is 0 Å².